The van der Waals surface area contributed by atoms with E-state index in [0.29, 0.717) is 12.1 Å². The largest absolute Gasteiger partial charge is 0.350 e. The summed E-state index contributed by atoms with van der Waals surface area (Å²) in [6, 6.07) is 0.906. The highest BCUT2D eigenvalue weighted by atomic mass is 16.2. The number of hydrogen-bond donors (Lipinski definition) is 2. The lowest BCUT2D eigenvalue weighted by molar-refractivity contribution is -0.129. The van der Waals surface area contributed by atoms with Gasteiger partial charge < -0.3 is 5.32 Å². The smallest absolute Gasteiger partial charge is 0.240 e. The average molecular weight is 168 g/mol. The molecule has 0 spiro atoms. The van der Waals surface area contributed by atoms with Crippen LogP contribution in [0, 0.1) is 0 Å². The number of carbonyl (C=O) groups excluding carboxylic acids is 1. The summed E-state index contributed by atoms with van der Waals surface area (Å²) in [5.41, 5.74) is -0.370. The summed E-state index contributed by atoms with van der Waals surface area (Å²) < 4.78 is 0. The molecule has 0 unspecified atom stereocenters. The second-order valence-corrected chi connectivity index (χ2v) is 4.39. The Hall–Kier alpha value is -0.570. The Kier molecular flexibility index (Phi) is 1.65. The van der Waals surface area contributed by atoms with Crippen molar-refractivity contribution < 1.29 is 4.79 Å². The molecule has 1 aliphatic heterocycles. The van der Waals surface area contributed by atoms with Crippen molar-refractivity contribution in [3.8, 4) is 0 Å². The highest BCUT2D eigenvalue weighted by Gasteiger charge is 2.41. The minimum atomic E-state index is -0.370. The number of carbonyl (C=O) groups is 1. The van der Waals surface area contributed by atoms with E-state index in [9.17, 15) is 4.79 Å². The molecule has 0 aromatic heterocycles. The number of nitrogens with one attached hydrogen (secondary N) is 2. The maximum Gasteiger partial charge on any atom is 0.240 e. The standard InChI is InChI=1S/C9H16N2O/c1-9(2)8(12)10-6-4-3-5-7(6)11-9/h6-7,11H,3-5H2,1-2H3,(H,10,12)/t6-,7-/m0/s1. The topological polar surface area (TPSA) is 41.1 Å². The molecular formula is C9H16N2O. The highest BCUT2D eigenvalue weighted by Crippen LogP contribution is 2.25. The van der Waals surface area contributed by atoms with E-state index in [1.807, 2.05) is 13.8 Å². The summed E-state index contributed by atoms with van der Waals surface area (Å²) in [5, 5.41) is 6.46. The van der Waals surface area contributed by atoms with Crippen LogP contribution in [0.15, 0.2) is 0 Å². The molecule has 0 aromatic rings. The molecule has 3 heteroatoms. The molecule has 0 aromatic carbocycles. The number of hydrogen-bond acceptors (Lipinski definition) is 2. The molecular weight excluding hydrogens is 152 g/mol. The van der Waals surface area contributed by atoms with Crippen LogP contribution < -0.4 is 10.6 Å². The van der Waals surface area contributed by atoms with Gasteiger partial charge in [-0.3, -0.25) is 10.1 Å². The minimum absolute atomic E-state index is 0.144. The predicted molar refractivity (Wildman–Crippen MR) is 46.8 cm³/mol. The number of piperazine rings is 1. The quantitative estimate of drug-likeness (QED) is 0.550. The highest BCUT2D eigenvalue weighted by molar-refractivity contribution is 5.86. The molecule has 2 fully saturated rings. The van der Waals surface area contributed by atoms with Gasteiger partial charge in [0.25, 0.3) is 0 Å². The Balaban J connectivity index is 2.14. The Morgan fingerprint density at radius 3 is 2.75 bits per heavy atom. The Labute approximate surface area is 72.9 Å². The normalized spacial score (nSPS) is 39.0. The van der Waals surface area contributed by atoms with Crippen molar-refractivity contribution in [3.63, 3.8) is 0 Å². The van der Waals surface area contributed by atoms with E-state index in [0.717, 1.165) is 6.42 Å². The van der Waals surface area contributed by atoms with Crippen LogP contribution in [-0.4, -0.2) is 23.5 Å². The van der Waals surface area contributed by atoms with Crippen molar-refractivity contribution >= 4 is 5.91 Å². The van der Waals surface area contributed by atoms with E-state index in [4.69, 9.17) is 0 Å². The van der Waals surface area contributed by atoms with Crippen LogP contribution in [0.4, 0.5) is 0 Å². The van der Waals surface area contributed by atoms with Gasteiger partial charge in [0, 0.05) is 12.1 Å². The van der Waals surface area contributed by atoms with Crippen molar-refractivity contribution in [1.29, 1.82) is 0 Å². The van der Waals surface area contributed by atoms with Crippen LogP contribution in [0.1, 0.15) is 33.1 Å². The summed E-state index contributed by atoms with van der Waals surface area (Å²) in [7, 11) is 0. The van der Waals surface area contributed by atoms with E-state index in [2.05, 4.69) is 10.6 Å². The van der Waals surface area contributed by atoms with Gasteiger partial charge in [-0.25, -0.2) is 0 Å². The maximum atomic E-state index is 11.5. The van der Waals surface area contributed by atoms with Gasteiger partial charge in [0.15, 0.2) is 0 Å². The zero-order chi connectivity index (χ0) is 8.77. The first kappa shape index (κ1) is 8.05. The predicted octanol–water partition coefficient (Wildman–Crippen LogP) is 0.405. The lowest BCUT2D eigenvalue weighted by atomic mass is 9.96. The second kappa shape index (κ2) is 2.46. The summed E-state index contributed by atoms with van der Waals surface area (Å²) in [6.45, 7) is 3.88. The number of amides is 1. The van der Waals surface area contributed by atoms with E-state index in [-0.39, 0.29) is 11.4 Å². The summed E-state index contributed by atoms with van der Waals surface area (Å²) in [4.78, 5) is 11.5. The Bertz CT molecular complexity index is 213. The van der Waals surface area contributed by atoms with Crippen molar-refractivity contribution in [3.05, 3.63) is 0 Å². The van der Waals surface area contributed by atoms with Crippen molar-refractivity contribution in [2.45, 2.75) is 50.7 Å². The summed E-state index contributed by atoms with van der Waals surface area (Å²) >= 11 is 0. The fourth-order valence-corrected chi connectivity index (χ4v) is 2.18. The molecule has 0 radical (unpaired) electrons. The Morgan fingerprint density at radius 2 is 2.00 bits per heavy atom. The number of rotatable bonds is 0. The SMILES string of the molecule is CC1(C)N[C@H]2CCC[C@@H]2NC1=O. The lowest BCUT2D eigenvalue weighted by Crippen LogP contribution is -2.67. The molecule has 1 saturated heterocycles. The van der Waals surface area contributed by atoms with Crippen LogP contribution in [0.3, 0.4) is 0 Å². The second-order valence-electron chi connectivity index (χ2n) is 4.39. The maximum absolute atomic E-state index is 11.5. The molecule has 1 amide bonds. The van der Waals surface area contributed by atoms with Gasteiger partial charge in [-0.2, -0.15) is 0 Å². The van der Waals surface area contributed by atoms with Gasteiger partial charge in [0.1, 0.15) is 0 Å². The Morgan fingerprint density at radius 1 is 1.33 bits per heavy atom. The van der Waals surface area contributed by atoms with Crippen molar-refractivity contribution in [2.24, 2.45) is 0 Å². The van der Waals surface area contributed by atoms with E-state index in [1.165, 1.54) is 12.8 Å². The molecule has 2 N–H and O–H groups in total. The molecule has 2 aliphatic rings. The first-order valence-corrected chi connectivity index (χ1v) is 4.68. The zero-order valence-electron chi connectivity index (χ0n) is 7.68. The number of fused-ring (bicyclic) bond motifs is 1. The fourth-order valence-electron chi connectivity index (χ4n) is 2.18. The van der Waals surface area contributed by atoms with Gasteiger partial charge in [0.2, 0.25) is 5.91 Å². The van der Waals surface area contributed by atoms with Gasteiger partial charge in [0.05, 0.1) is 5.54 Å². The third kappa shape index (κ3) is 1.12. The molecule has 12 heavy (non-hydrogen) atoms. The zero-order valence-corrected chi connectivity index (χ0v) is 7.68. The van der Waals surface area contributed by atoms with Crippen LogP contribution in [0.2, 0.25) is 0 Å². The molecule has 2 atom stereocenters. The van der Waals surface area contributed by atoms with E-state index in [1.54, 1.807) is 0 Å². The van der Waals surface area contributed by atoms with Gasteiger partial charge in [-0.05, 0) is 33.1 Å². The minimum Gasteiger partial charge on any atom is -0.350 e. The molecule has 0 bridgehead atoms. The summed E-state index contributed by atoms with van der Waals surface area (Å²) in [5.74, 6) is 0.144. The molecule has 1 heterocycles. The van der Waals surface area contributed by atoms with Crippen LogP contribution >= 0.6 is 0 Å². The lowest BCUT2D eigenvalue weighted by Gasteiger charge is -2.38. The van der Waals surface area contributed by atoms with Gasteiger partial charge in [-0.15, -0.1) is 0 Å². The fraction of sp³-hybridized carbons (Fsp3) is 0.889. The van der Waals surface area contributed by atoms with E-state index >= 15 is 0 Å². The monoisotopic (exact) mass is 168 g/mol. The molecule has 2 rings (SSSR count). The summed E-state index contributed by atoms with van der Waals surface area (Å²) in [6.07, 6.45) is 3.58. The average Bonchev–Trinajstić information content (AvgIpc) is 2.35. The molecule has 1 saturated carbocycles. The molecule has 3 nitrogen and oxygen atoms in total. The first-order valence-electron chi connectivity index (χ1n) is 4.68. The van der Waals surface area contributed by atoms with Gasteiger partial charge >= 0.3 is 0 Å². The first-order chi connectivity index (χ1) is 5.59. The third-order valence-electron chi connectivity index (χ3n) is 2.95. The van der Waals surface area contributed by atoms with Gasteiger partial charge in [-0.1, -0.05) is 0 Å². The van der Waals surface area contributed by atoms with Crippen molar-refractivity contribution in [1.82, 2.24) is 10.6 Å². The van der Waals surface area contributed by atoms with E-state index < -0.39 is 0 Å². The van der Waals surface area contributed by atoms with Crippen LogP contribution in [-0.2, 0) is 4.79 Å². The molecule has 68 valence electrons. The van der Waals surface area contributed by atoms with Crippen molar-refractivity contribution in [2.75, 3.05) is 0 Å². The molecule has 1 aliphatic carbocycles. The van der Waals surface area contributed by atoms with Crippen LogP contribution in [0.25, 0.3) is 0 Å². The third-order valence-corrected chi connectivity index (χ3v) is 2.95. The van der Waals surface area contributed by atoms with Crippen LogP contribution in [0.5, 0.6) is 0 Å².